The van der Waals surface area contributed by atoms with Crippen molar-refractivity contribution < 1.29 is 9.53 Å². The zero-order valence-electron chi connectivity index (χ0n) is 15.8. The molecule has 0 aliphatic carbocycles. The Hall–Kier alpha value is -3.53. The van der Waals surface area contributed by atoms with E-state index in [0.717, 1.165) is 39.0 Å². The molecule has 1 aromatic heterocycles. The molecular formula is C24H20N2O2. The third-order valence-electron chi connectivity index (χ3n) is 5.54. The van der Waals surface area contributed by atoms with Gasteiger partial charge in [-0.25, -0.2) is 0 Å². The summed E-state index contributed by atoms with van der Waals surface area (Å²) >= 11 is 0. The first-order chi connectivity index (χ1) is 13.7. The normalized spacial score (nSPS) is 15.9. The van der Waals surface area contributed by atoms with Gasteiger partial charge in [-0.15, -0.1) is 0 Å². The summed E-state index contributed by atoms with van der Waals surface area (Å²) in [6.07, 6.45) is 2.14. The minimum Gasteiger partial charge on any atom is -0.497 e. The molecule has 28 heavy (non-hydrogen) atoms. The number of hydrogen-bond donors (Lipinski definition) is 0. The second kappa shape index (κ2) is 6.27. The van der Waals surface area contributed by atoms with E-state index in [4.69, 9.17) is 4.74 Å². The van der Waals surface area contributed by atoms with Crippen molar-refractivity contribution in [2.45, 2.75) is 6.04 Å². The van der Waals surface area contributed by atoms with Gasteiger partial charge < -0.3 is 9.30 Å². The number of rotatable bonds is 3. The molecule has 1 amide bonds. The Kier molecular flexibility index (Phi) is 3.72. The Morgan fingerprint density at radius 1 is 0.857 bits per heavy atom. The number of aromatic nitrogens is 1. The maximum absolute atomic E-state index is 13.4. The van der Waals surface area contributed by atoms with E-state index in [2.05, 4.69) is 29.0 Å². The molecule has 0 radical (unpaired) electrons. The lowest BCUT2D eigenvalue weighted by atomic mass is 9.97. The van der Waals surface area contributed by atoms with Crippen LogP contribution >= 0.6 is 0 Å². The van der Waals surface area contributed by atoms with Crippen LogP contribution in [0.15, 0.2) is 79.0 Å². The average Bonchev–Trinajstić information content (AvgIpc) is 3.23. The first-order valence-corrected chi connectivity index (χ1v) is 9.29. The van der Waals surface area contributed by atoms with Crippen molar-refractivity contribution >= 4 is 22.5 Å². The lowest BCUT2D eigenvalue weighted by Gasteiger charge is -2.25. The van der Waals surface area contributed by atoms with Crippen LogP contribution in [0, 0.1) is 0 Å². The van der Waals surface area contributed by atoms with Crippen LogP contribution in [0.3, 0.4) is 0 Å². The van der Waals surface area contributed by atoms with E-state index in [0.29, 0.717) is 0 Å². The Bertz CT molecular complexity index is 1190. The summed E-state index contributed by atoms with van der Waals surface area (Å²) in [5.41, 5.74) is 4.95. The number of carbonyl (C=O) groups is 1. The van der Waals surface area contributed by atoms with Gasteiger partial charge in [0, 0.05) is 41.0 Å². The summed E-state index contributed by atoms with van der Waals surface area (Å²) in [7, 11) is 3.69. The van der Waals surface area contributed by atoms with Gasteiger partial charge in [-0.05, 0) is 42.0 Å². The third kappa shape index (κ3) is 2.34. The fraction of sp³-hybridized carbons (Fsp3) is 0.125. The molecule has 0 spiro atoms. The molecule has 4 nitrogen and oxygen atoms in total. The molecule has 0 bridgehead atoms. The largest absolute Gasteiger partial charge is 0.497 e. The van der Waals surface area contributed by atoms with E-state index in [-0.39, 0.29) is 11.9 Å². The monoisotopic (exact) mass is 368 g/mol. The lowest BCUT2D eigenvalue weighted by molar-refractivity contribution is 0.0993. The highest BCUT2D eigenvalue weighted by molar-refractivity contribution is 6.12. The zero-order valence-corrected chi connectivity index (χ0v) is 15.8. The second-order valence-corrected chi connectivity index (χ2v) is 7.08. The van der Waals surface area contributed by atoms with Gasteiger partial charge in [0.1, 0.15) is 5.75 Å². The molecule has 1 aliphatic heterocycles. The highest BCUT2D eigenvalue weighted by atomic mass is 16.5. The molecule has 0 fully saturated rings. The van der Waals surface area contributed by atoms with E-state index >= 15 is 0 Å². The molecule has 3 aromatic carbocycles. The summed E-state index contributed by atoms with van der Waals surface area (Å²) in [6, 6.07) is 23.7. The number of aryl methyl sites for hydroxylation is 1. The minimum absolute atomic E-state index is 0.0266. The molecule has 138 valence electrons. The standard InChI is InChI=1S/C24H20N2O2/c1-25-15-21(18-7-5-6-10-22(18)25)23-19-8-3-4-9-20(19)24(27)26(23)16-11-13-17(28-2)14-12-16/h3-15,23H,1-2H3/t23-/m1/s1. The number of carbonyl (C=O) groups excluding carboxylic acids is 1. The quantitative estimate of drug-likeness (QED) is 0.513. The molecule has 0 saturated carbocycles. The third-order valence-corrected chi connectivity index (χ3v) is 5.54. The number of nitrogens with zero attached hydrogens (tertiary/aromatic N) is 2. The predicted octanol–water partition coefficient (Wildman–Crippen LogP) is 4.94. The van der Waals surface area contributed by atoms with Crippen molar-refractivity contribution in [2.75, 3.05) is 12.0 Å². The van der Waals surface area contributed by atoms with Gasteiger partial charge >= 0.3 is 0 Å². The van der Waals surface area contributed by atoms with Crippen LogP contribution in [-0.4, -0.2) is 17.6 Å². The van der Waals surface area contributed by atoms with Crippen LogP contribution in [0.25, 0.3) is 10.9 Å². The summed E-state index contributed by atoms with van der Waals surface area (Å²) in [6.45, 7) is 0. The summed E-state index contributed by atoms with van der Waals surface area (Å²) in [5.74, 6) is 0.799. The maximum Gasteiger partial charge on any atom is 0.259 e. The fourth-order valence-electron chi connectivity index (χ4n) is 4.22. The Morgan fingerprint density at radius 2 is 1.57 bits per heavy atom. The van der Waals surface area contributed by atoms with Crippen LogP contribution in [0.4, 0.5) is 5.69 Å². The molecule has 4 aromatic rings. The first kappa shape index (κ1) is 16.6. The number of amides is 1. The van der Waals surface area contributed by atoms with Crippen molar-refractivity contribution in [1.82, 2.24) is 4.57 Å². The number of benzene rings is 3. The number of ether oxygens (including phenoxy) is 1. The van der Waals surface area contributed by atoms with Gasteiger partial charge in [-0.3, -0.25) is 9.69 Å². The van der Waals surface area contributed by atoms with Gasteiger partial charge in [0.05, 0.1) is 13.2 Å². The van der Waals surface area contributed by atoms with E-state index in [1.807, 2.05) is 66.5 Å². The highest BCUT2D eigenvalue weighted by Crippen LogP contribution is 2.44. The lowest BCUT2D eigenvalue weighted by Crippen LogP contribution is -2.28. The van der Waals surface area contributed by atoms with E-state index in [9.17, 15) is 4.79 Å². The van der Waals surface area contributed by atoms with Crippen molar-refractivity contribution in [1.29, 1.82) is 0 Å². The SMILES string of the molecule is COc1ccc(N2C(=O)c3ccccc3[C@@H]2c2cn(C)c3ccccc23)cc1. The van der Waals surface area contributed by atoms with Gasteiger partial charge in [0.2, 0.25) is 0 Å². The molecule has 2 heterocycles. The number of methoxy groups -OCH3 is 1. The van der Waals surface area contributed by atoms with Crippen molar-refractivity contribution in [3.8, 4) is 5.75 Å². The summed E-state index contributed by atoms with van der Waals surface area (Å²) < 4.78 is 7.41. The molecule has 1 atom stereocenters. The molecule has 0 unspecified atom stereocenters. The van der Waals surface area contributed by atoms with E-state index in [1.165, 1.54) is 0 Å². The first-order valence-electron chi connectivity index (χ1n) is 9.29. The Balaban J connectivity index is 1.74. The number of para-hydroxylation sites is 1. The fourth-order valence-corrected chi connectivity index (χ4v) is 4.22. The molecular weight excluding hydrogens is 348 g/mol. The summed E-state index contributed by atoms with van der Waals surface area (Å²) in [5, 5.41) is 1.16. The van der Waals surface area contributed by atoms with Gasteiger partial charge in [-0.1, -0.05) is 36.4 Å². The minimum atomic E-state index is -0.164. The van der Waals surface area contributed by atoms with Gasteiger partial charge in [0.25, 0.3) is 5.91 Å². The second-order valence-electron chi connectivity index (χ2n) is 7.08. The maximum atomic E-state index is 13.4. The van der Waals surface area contributed by atoms with Crippen LogP contribution < -0.4 is 9.64 Å². The molecule has 4 heteroatoms. The number of fused-ring (bicyclic) bond motifs is 2. The molecule has 5 rings (SSSR count). The zero-order chi connectivity index (χ0) is 19.3. The van der Waals surface area contributed by atoms with Crippen molar-refractivity contribution in [2.24, 2.45) is 7.05 Å². The average molecular weight is 368 g/mol. The Labute approximate surface area is 163 Å². The van der Waals surface area contributed by atoms with Crippen LogP contribution in [0.2, 0.25) is 0 Å². The number of hydrogen-bond acceptors (Lipinski definition) is 2. The van der Waals surface area contributed by atoms with Gasteiger partial charge in [0.15, 0.2) is 0 Å². The highest BCUT2D eigenvalue weighted by Gasteiger charge is 2.39. The van der Waals surface area contributed by atoms with E-state index < -0.39 is 0 Å². The van der Waals surface area contributed by atoms with Crippen LogP contribution in [0.1, 0.15) is 27.5 Å². The van der Waals surface area contributed by atoms with E-state index in [1.54, 1.807) is 7.11 Å². The van der Waals surface area contributed by atoms with Crippen molar-refractivity contribution in [3.05, 3.63) is 95.7 Å². The number of anilines is 1. The predicted molar refractivity (Wildman–Crippen MR) is 111 cm³/mol. The molecule has 0 N–H and O–H groups in total. The topological polar surface area (TPSA) is 34.5 Å². The van der Waals surface area contributed by atoms with Crippen molar-refractivity contribution in [3.63, 3.8) is 0 Å². The molecule has 1 aliphatic rings. The van der Waals surface area contributed by atoms with Gasteiger partial charge in [-0.2, -0.15) is 0 Å². The smallest absolute Gasteiger partial charge is 0.259 e. The van der Waals surface area contributed by atoms with Crippen LogP contribution in [-0.2, 0) is 7.05 Å². The van der Waals surface area contributed by atoms with Crippen LogP contribution in [0.5, 0.6) is 5.75 Å². The Morgan fingerprint density at radius 3 is 2.36 bits per heavy atom. The molecule has 0 saturated heterocycles. The summed E-state index contributed by atoms with van der Waals surface area (Å²) in [4.78, 5) is 15.3.